The Labute approximate surface area is 170 Å². The van der Waals surface area contributed by atoms with Gasteiger partial charge in [-0.2, -0.15) is 13.2 Å². The monoisotopic (exact) mass is 447 g/mol. The molecule has 3 aromatic rings. The highest BCUT2D eigenvalue weighted by atomic mass is 35.5. The number of benzene rings is 1. The number of alkyl halides is 3. The number of hydrogen-bond donors (Lipinski definition) is 2. The summed E-state index contributed by atoms with van der Waals surface area (Å²) in [5.74, 6) is -0.677. The zero-order chi connectivity index (χ0) is 20.6. The highest BCUT2D eigenvalue weighted by molar-refractivity contribution is 7.99. The van der Waals surface area contributed by atoms with Crippen molar-refractivity contribution in [1.29, 1.82) is 0 Å². The molecule has 0 saturated carbocycles. The molecule has 0 radical (unpaired) electrons. The van der Waals surface area contributed by atoms with Crippen molar-refractivity contribution in [2.24, 2.45) is 0 Å². The van der Waals surface area contributed by atoms with E-state index in [4.69, 9.17) is 11.6 Å². The number of anilines is 1. The second-order valence-electron chi connectivity index (χ2n) is 5.86. The average molecular weight is 448 g/mol. The summed E-state index contributed by atoms with van der Waals surface area (Å²) in [7, 11) is 0. The maximum Gasteiger partial charge on any atom is 0.417 e. The lowest BCUT2D eigenvalue weighted by molar-refractivity contribution is -0.137. The first-order chi connectivity index (χ1) is 13.1. The zero-order valence-electron chi connectivity index (χ0n) is 14.5. The van der Waals surface area contributed by atoms with Gasteiger partial charge in [-0.3, -0.25) is 9.59 Å². The third-order valence-electron chi connectivity index (χ3n) is 3.91. The summed E-state index contributed by atoms with van der Waals surface area (Å²) in [6.07, 6.45) is -4.62. The second kappa shape index (κ2) is 7.76. The number of nitrogens with zero attached hydrogens (tertiary/aromatic N) is 1. The van der Waals surface area contributed by atoms with Crippen LogP contribution in [0, 0.1) is 13.8 Å². The minimum Gasteiger partial charge on any atom is -0.325 e. The summed E-state index contributed by atoms with van der Waals surface area (Å²) in [5, 5.41) is 2.72. The van der Waals surface area contributed by atoms with Crippen molar-refractivity contribution in [1.82, 2.24) is 9.97 Å². The number of carbonyl (C=O) groups excluding carboxylic acids is 1. The number of aromatic amines is 1. The van der Waals surface area contributed by atoms with Crippen molar-refractivity contribution >= 4 is 56.5 Å². The van der Waals surface area contributed by atoms with E-state index in [1.165, 1.54) is 17.4 Å². The van der Waals surface area contributed by atoms with Gasteiger partial charge in [-0.25, -0.2) is 4.98 Å². The molecule has 1 amide bonds. The number of nitrogens with one attached hydrogen (secondary N) is 2. The van der Waals surface area contributed by atoms with Crippen LogP contribution in [0.15, 0.2) is 28.2 Å². The standard InChI is InChI=1S/C17H13ClF3N3O2S2/c1-7-8(2)28-15-13(7)14(26)23-16(24-15)27-6-12(25)22-9-3-4-11(18)10(5-9)17(19,20)21/h3-5H,6H2,1-2H3,(H,22,25)(H,23,24,26). The van der Waals surface area contributed by atoms with Crippen molar-refractivity contribution < 1.29 is 18.0 Å². The molecule has 2 heterocycles. The van der Waals surface area contributed by atoms with E-state index < -0.39 is 22.7 Å². The van der Waals surface area contributed by atoms with Crippen molar-refractivity contribution in [3.63, 3.8) is 0 Å². The molecule has 5 nitrogen and oxygen atoms in total. The number of aromatic nitrogens is 2. The van der Waals surface area contributed by atoms with Crippen LogP contribution in [0.3, 0.4) is 0 Å². The van der Waals surface area contributed by atoms with Gasteiger partial charge in [-0.1, -0.05) is 23.4 Å². The fourth-order valence-corrected chi connectivity index (χ4v) is 4.43. The number of thioether (sulfide) groups is 1. The van der Waals surface area contributed by atoms with Crippen molar-refractivity contribution in [3.05, 3.63) is 49.6 Å². The maximum atomic E-state index is 12.9. The van der Waals surface area contributed by atoms with Gasteiger partial charge in [-0.15, -0.1) is 11.3 Å². The van der Waals surface area contributed by atoms with E-state index in [1.807, 2.05) is 13.8 Å². The molecule has 28 heavy (non-hydrogen) atoms. The largest absolute Gasteiger partial charge is 0.417 e. The minimum atomic E-state index is -4.62. The average Bonchev–Trinajstić information content (AvgIpc) is 2.88. The molecule has 2 aromatic heterocycles. The zero-order valence-corrected chi connectivity index (χ0v) is 16.9. The van der Waals surface area contributed by atoms with Gasteiger partial charge in [0.05, 0.1) is 21.7 Å². The first-order valence-electron chi connectivity index (χ1n) is 7.85. The van der Waals surface area contributed by atoms with Gasteiger partial charge in [0.15, 0.2) is 5.16 Å². The van der Waals surface area contributed by atoms with Crippen LogP contribution in [0.25, 0.3) is 10.2 Å². The second-order valence-corrected chi connectivity index (χ2v) is 8.44. The molecule has 0 spiro atoms. The Balaban J connectivity index is 1.71. The third-order valence-corrected chi connectivity index (χ3v) is 6.22. The highest BCUT2D eigenvalue weighted by Gasteiger charge is 2.33. The molecule has 0 aliphatic carbocycles. The molecule has 2 N–H and O–H groups in total. The topological polar surface area (TPSA) is 74.8 Å². The van der Waals surface area contributed by atoms with Gasteiger partial charge >= 0.3 is 6.18 Å². The van der Waals surface area contributed by atoms with Crippen molar-refractivity contribution in [3.8, 4) is 0 Å². The smallest absolute Gasteiger partial charge is 0.325 e. The summed E-state index contributed by atoms with van der Waals surface area (Å²) in [6, 6.07) is 3.12. The number of hydrogen-bond acceptors (Lipinski definition) is 5. The van der Waals surface area contributed by atoms with Crippen LogP contribution in [0.1, 0.15) is 16.0 Å². The summed E-state index contributed by atoms with van der Waals surface area (Å²) in [5.41, 5.74) is -0.475. The van der Waals surface area contributed by atoms with Crippen molar-refractivity contribution in [2.75, 3.05) is 11.1 Å². The van der Waals surface area contributed by atoms with Crippen LogP contribution < -0.4 is 10.9 Å². The molecule has 11 heteroatoms. The number of halogens is 4. The Bertz CT molecular complexity index is 1130. The third kappa shape index (κ3) is 4.34. The van der Waals surface area contributed by atoms with Gasteiger partial charge in [-0.05, 0) is 37.6 Å². The number of carbonyl (C=O) groups is 1. The number of rotatable bonds is 4. The fourth-order valence-electron chi connectivity index (χ4n) is 2.45. The Morgan fingerprint density at radius 1 is 1.36 bits per heavy atom. The van der Waals surface area contributed by atoms with Crippen LogP contribution in [-0.2, 0) is 11.0 Å². The van der Waals surface area contributed by atoms with Gasteiger partial charge in [0.25, 0.3) is 5.56 Å². The maximum absolute atomic E-state index is 12.9. The van der Waals surface area contributed by atoms with Gasteiger partial charge in [0.1, 0.15) is 4.83 Å². The normalized spacial score (nSPS) is 11.8. The van der Waals surface area contributed by atoms with E-state index in [0.717, 1.165) is 34.3 Å². The number of H-pyrrole nitrogens is 1. The van der Waals surface area contributed by atoms with E-state index in [1.54, 1.807) is 0 Å². The molecular weight excluding hydrogens is 435 g/mol. The lowest BCUT2D eigenvalue weighted by Crippen LogP contribution is -2.16. The summed E-state index contributed by atoms with van der Waals surface area (Å²) in [4.78, 5) is 32.8. The van der Waals surface area contributed by atoms with E-state index in [2.05, 4.69) is 15.3 Å². The van der Waals surface area contributed by atoms with Crippen LogP contribution >= 0.6 is 34.7 Å². The molecule has 0 atom stereocenters. The summed E-state index contributed by atoms with van der Waals surface area (Å²) < 4.78 is 38.7. The summed E-state index contributed by atoms with van der Waals surface area (Å²) in [6.45, 7) is 3.73. The Hall–Kier alpha value is -2.04. The number of amides is 1. The van der Waals surface area contributed by atoms with E-state index in [-0.39, 0.29) is 22.2 Å². The van der Waals surface area contributed by atoms with Crippen LogP contribution in [0.2, 0.25) is 5.02 Å². The molecule has 0 unspecified atom stereocenters. The van der Waals surface area contributed by atoms with Crippen LogP contribution in [-0.4, -0.2) is 21.6 Å². The van der Waals surface area contributed by atoms with E-state index in [0.29, 0.717) is 10.2 Å². The molecule has 0 aliphatic heterocycles. The molecule has 0 bridgehead atoms. The Morgan fingerprint density at radius 2 is 2.07 bits per heavy atom. The first kappa shape index (κ1) is 20.7. The molecule has 3 rings (SSSR count). The lowest BCUT2D eigenvalue weighted by Gasteiger charge is -2.11. The lowest BCUT2D eigenvalue weighted by atomic mass is 10.2. The van der Waals surface area contributed by atoms with Gasteiger partial charge in [0, 0.05) is 10.6 Å². The SMILES string of the molecule is Cc1sc2nc(SCC(=O)Nc3ccc(Cl)c(C(F)(F)F)c3)[nH]c(=O)c2c1C. The Kier molecular flexibility index (Phi) is 5.74. The Morgan fingerprint density at radius 3 is 2.75 bits per heavy atom. The fraction of sp³-hybridized carbons (Fsp3) is 0.235. The molecular formula is C17H13ClF3N3O2S2. The number of fused-ring (bicyclic) bond motifs is 1. The molecule has 0 aliphatic rings. The predicted molar refractivity (Wildman–Crippen MR) is 106 cm³/mol. The highest BCUT2D eigenvalue weighted by Crippen LogP contribution is 2.36. The minimum absolute atomic E-state index is 0.0243. The van der Waals surface area contributed by atoms with E-state index >= 15 is 0 Å². The number of aryl methyl sites for hydroxylation is 2. The van der Waals surface area contributed by atoms with Gasteiger partial charge < -0.3 is 10.3 Å². The summed E-state index contributed by atoms with van der Waals surface area (Å²) >= 11 is 7.93. The van der Waals surface area contributed by atoms with Crippen LogP contribution in [0.5, 0.6) is 0 Å². The molecule has 148 valence electrons. The quantitative estimate of drug-likeness (QED) is 0.435. The van der Waals surface area contributed by atoms with Crippen LogP contribution in [0.4, 0.5) is 18.9 Å². The molecule has 0 saturated heterocycles. The number of thiophene rings is 1. The van der Waals surface area contributed by atoms with E-state index in [9.17, 15) is 22.8 Å². The predicted octanol–water partition coefficient (Wildman–Crippen LogP) is 5.00. The first-order valence-corrected chi connectivity index (χ1v) is 10.0. The molecule has 1 aromatic carbocycles. The molecule has 0 fully saturated rings. The van der Waals surface area contributed by atoms with Gasteiger partial charge in [0.2, 0.25) is 5.91 Å². The van der Waals surface area contributed by atoms with Crippen molar-refractivity contribution in [2.45, 2.75) is 25.2 Å².